The van der Waals surface area contributed by atoms with Gasteiger partial charge < -0.3 is 10.6 Å². The molecule has 0 bridgehead atoms. The molecule has 0 fully saturated rings. The van der Waals surface area contributed by atoms with Gasteiger partial charge in [-0.3, -0.25) is 4.79 Å². The number of nitrogens with two attached hydrogens (primary N) is 1. The second-order valence-corrected chi connectivity index (χ2v) is 5.23. The number of nitrogens with zero attached hydrogens (tertiary/aromatic N) is 4. The second-order valence-electron chi connectivity index (χ2n) is 4.25. The van der Waals surface area contributed by atoms with E-state index in [1.54, 1.807) is 22.9 Å². The molecule has 1 unspecified atom stereocenters. The number of rotatable bonds is 7. The molecule has 6 nitrogen and oxygen atoms in total. The van der Waals surface area contributed by atoms with Crippen molar-refractivity contribution in [1.29, 1.82) is 0 Å². The summed E-state index contributed by atoms with van der Waals surface area (Å²) in [6, 6.07) is 0.238. The summed E-state index contributed by atoms with van der Waals surface area (Å²) >= 11 is 1.79. The largest absolute Gasteiger partial charge is 0.341 e. The predicted octanol–water partition coefficient (Wildman–Crippen LogP) is 0.337. The maximum Gasteiger partial charge on any atom is 0.244 e. The normalized spacial score (nSPS) is 12.4. The van der Waals surface area contributed by atoms with Crippen LogP contribution in [0.4, 0.5) is 0 Å². The Balaban J connectivity index is 2.48. The van der Waals surface area contributed by atoms with Crippen molar-refractivity contribution in [2.75, 3.05) is 19.1 Å². The Bertz CT molecular complexity index is 381. The number of hydrogen-bond donors (Lipinski definition) is 1. The van der Waals surface area contributed by atoms with E-state index in [0.717, 1.165) is 12.2 Å². The van der Waals surface area contributed by atoms with Crippen LogP contribution in [0, 0.1) is 0 Å². The molecule has 0 aliphatic carbocycles. The van der Waals surface area contributed by atoms with Crippen molar-refractivity contribution in [2.45, 2.75) is 32.5 Å². The topological polar surface area (TPSA) is 77.0 Å². The van der Waals surface area contributed by atoms with Crippen molar-refractivity contribution >= 4 is 17.7 Å². The van der Waals surface area contributed by atoms with Crippen LogP contribution in [-0.2, 0) is 17.9 Å². The van der Waals surface area contributed by atoms with Gasteiger partial charge in [-0.2, -0.15) is 11.8 Å². The van der Waals surface area contributed by atoms with Crippen molar-refractivity contribution in [3.05, 3.63) is 11.9 Å². The van der Waals surface area contributed by atoms with Crippen molar-refractivity contribution in [2.24, 2.45) is 5.73 Å². The highest BCUT2D eigenvalue weighted by molar-refractivity contribution is 7.98. The molecule has 1 aromatic rings. The molecule has 2 N–H and O–H groups in total. The van der Waals surface area contributed by atoms with Crippen LogP contribution in [0.1, 0.15) is 19.0 Å². The second kappa shape index (κ2) is 7.38. The van der Waals surface area contributed by atoms with Gasteiger partial charge in [-0.05, 0) is 25.4 Å². The molecule has 1 atom stereocenters. The molecule has 1 amide bonds. The first-order chi connectivity index (χ1) is 8.58. The fourth-order valence-corrected chi connectivity index (χ4v) is 2.06. The molecule has 0 aromatic carbocycles. The number of hydrogen-bond acceptors (Lipinski definition) is 5. The summed E-state index contributed by atoms with van der Waals surface area (Å²) < 4.78 is 1.53. The van der Waals surface area contributed by atoms with E-state index >= 15 is 0 Å². The van der Waals surface area contributed by atoms with Gasteiger partial charge in [-0.25, -0.2) is 4.68 Å². The number of likely N-dealkylation sites (N-methyl/N-ethyl adjacent to an activating group) is 1. The van der Waals surface area contributed by atoms with Gasteiger partial charge in [0, 0.05) is 19.6 Å². The Morgan fingerprint density at radius 1 is 1.67 bits per heavy atom. The smallest absolute Gasteiger partial charge is 0.244 e. The van der Waals surface area contributed by atoms with Crippen LogP contribution in [0.15, 0.2) is 6.20 Å². The molecule has 0 saturated carbocycles. The summed E-state index contributed by atoms with van der Waals surface area (Å²) in [5.41, 5.74) is 6.14. The molecule has 0 spiro atoms. The minimum atomic E-state index is 0.0390. The lowest BCUT2D eigenvalue weighted by molar-refractivity contribution is -0.132. The molecule has 18 heavy (non-hydrogen) atoms. The van der Waals surface area contributed by atoms with Crippen molar-refractivity contribution in [3.63, 3.8) is 0 Å². The lowest BCUT2D eigenvalue weighted by Gasteiger charge is -2.24. The lowest BCUT2D eigenvalue weighted by Crippen LogP contribution is -2.37. The zero-order valence-electron chi connectivity index (χ0n) is 11.2. The summed E-state index contributed by atoms with van der Waals surface area (Å²) in [6.45, 7) is 2.61. The number of thioether (sulfide) groups is 1. The van der Waals surface area contributed by atoms with E-state index in [-0.39, 0.29) is 18.5 Å². The third-order valence-electron chi connectivity index (χ3n) is 2.89. The number of carbonyl (C=O) groups excluding carboxylic acids is 1. The molecule has 0 saturated heterocycles. The summed E-state index contributed by atoms with van der Waals surface area (Å²) in [4.78, 5) is 13.8. The highest BCUT2D eigenvalue weighted by Gasteiger charge is 2.16. The van der Waals surface area contributed by atoms with Crippen LogP contribution in [-0.4, -0.2) is 50.9 Å². The molecule has 7 heteroatoms. The van der Waals surface area contributed by atoms with Gasteiger partial charge in [0.25, 0.3) is 0 Å². The first-order valence-corrected chi connectivity index (χ1v) is 7.31. The third kappa shape index (κ3) is 4.30. The van der Waals surface area contributed by atoms with E-state index in [0.29, 0.717) is 12.2 Å². The Hall–Kier alpha value is -1.08. The monoisotopic (exact) mass is 271 g/mol. The molecule has 0 aliphatic heterocycles. The first kappa shape index (κ1) is 15.0. The average molecular weight is 271 g/mol. The lowest BCUT2D eigenvalue weighted by atomic mass is 10.2. The highest BCUT2D eigenvalue weighted by Crippen LogP contribution is 2.07. The Morgan fingerprint density at radius 3 is 2.94 bits per heavy atom. The van der Waals surface area contributed by atoms with Gasteiger partial charge in [0.1, 0.15) is 6.54 Å². The van der Waals surface area contributed by atoms with E-state index in [4.69, 9.17) is 5.73 Å². The van der Waals surface area contributed by atoms with Gasteiger partial charge in [-0.1, -0.05) is 5.21 Å². The van der Waals surface area contributed by atoms with E-state index in [1.165, 1.54) is 4.68 Å². The van der Waals surface area contributed by atoms with Crippen LogP contribution in [0.25, 0.3) is 0 Å². The van der Waals surface area contributed by atoms with Crippen molar-refractivity contribution in [1.82, 2.24) is 19.9 Å². The highest BCUT2D eigenvalue weighted by atomic mass is 32.2. The predicted molar refractivity (Wildman–Crippen MR) is 73.1 cm³/mol. The zero-order valence-corrected chi connectivity index (χ0v) is 12.0. The van der Waals surface area contributed by atoms with E-state index in [9.17, 15) is 4.79 Å². The molecule has 0 radical (unpaired) electrons. The van der Waals surface area contributed by atoms with E-state index in [2.05, 4.69) is 23.5 Å². The van der Waals surface area contributed by atoms with Crippen LogP contribution in [0.3, 0.4) is 0 Å². The maximum absolute atomic E-state index is 12.0. The van der Waals surface area contributed by atoms with E-state index < -0.39 is 0 Å². The third-order valence-corrected chi connectivity index (χ3v) is 3.53. The minimum Gasteiger partial charge on any atom is -0.341 e. The molecule has 1 aromatic heterocycles. The summed E-state index contributed by atoms with van der Waals surface area (Å²) in [5, 5.41) is 7.72. The SMILES string of the molecule is CSCCC(C)N(C)C(=O)Cn1cc(CN)nn1. The van der Waals surface area contributed by atoms with Gasteiger partial charge in [0.05, 0.1) is 11.9 Å². The molecule has 102 valence electrons. The summed E-state index contributed by atoms with van der Waals surface area (Å²) in [5.74, 6) is 1.09. The number of carbonyl (C=O) groups is 1. The van der Waals surface area contributed by atoms with Gasteiger partial charge in [0.15, 0.2) is 0 Å². The zero-order chi connectivity index (χ0) is 13.5. The Kier molecular flexibility index (Phi) is 6.14. The number of aromatic nitrogens is 3. The quantitative estimate of drug-likeness (QED) is 0.773. The number of amides is 1. The Labute approximate surface area is 112 Å². The summed E-state index contributed by atoms with van der Waals surface area (Å²) in [6.07, 6.45) is 4.77. The molecule has 0 aliphatic rings. The fourth-order valence-electron chi connectivity index (χ4n) is 1.49. The van der Waals surface area contributed by atoms with Gasteiger partial charge >= 0.3 is 0 Å². The molecule has 1 rings (SSSR count). The first-order valence-electron chi connectivity index (χ1n) is 5.92. The maximum atomic E-state index is 12.0. The standard InChI is InChI=1S/C11H21N5OS/c1-9(4-5-18-3)15(2)11(17)8-16-7-10(6-12)13-14-16/h7,9H,4-6,8,12H2,1-3H3. The summed E-state index contributed by atoms with van der Waals surface area (Å²) in [7, 11) is 1.83. The van der Waals surface area contributed by atoms with Crippen LogP contribution in [0.5, 0.6) is 0 Å². The van der Waals surface area contributed by atoms with Crippen LogP contribution >= 0.6 is 11.8 Å². The van der Waals surface area contributed by atoms with Gasteiger partial charge in [-0.15, -0.1) is 5.10 Å². The molecular weight excluding hydrogens is 250 g/mol. The average Bonchev–Trinajstić information content (AvgIpc) is 2.82. The van der Waals surface area contributed by atoms with Crippen molar-refractivity contribution < 1.29 is 4.79 Å². The fraction of sp³-hybridized carbons (Fsp3) is 0.727. The Morgan fingerprint density at radius 2 is 2.39 bits per heavy atom. The van der Waals surface area contributed by atoms with Crippen LogP contribution in [0.2, 0.25) is 0 Å². The van der Waals surface area contributed by atoms with Crippen LogP contribution < -0.4 is 5.73 Å². The van der Waals surface area contributed by atoms with Gasteiger partial charge in [0.2, 0.25) is 5.91 Å². The van der Waals surface area contributed by atoms with E-state index in [1.807, 2.05) is 7.05 Å². The minimum absolute atomic E-state index is 0.0390. The molecular formula is C11H21N5OS. The molecule has 1 heterocycles. The van der Waals surface area contributed by atoms with Crippen molar-refractivity contribution in [3.8, 4) is 0 Å².